The fraction of sp³-hybridized carbons (Fsp3) is 0.429. The van der Waals surface area contributed by atoms with Crippen molar-refractivity contribution in [2.24, 2.45) is 5.73 Å². The predicted molar refractivity (Wildman–Crippen MR) is 76.0 cm³/mol. The average Bonchev–Trinajstić information content (AvgIpc) is 2.81. The van der Waals surface area contributed by atoms with Gasteiger partial charge in [-0.3, -0.25) is 4.79 Å². The molecule has 0 saturated carbocycles. The van der Waals surface area contributed by atoms with Crippen molar-refractivity contribution in [2.75, 3.05) is 13.1 Å². The second-order valence-electron chi connectivity index (χ2n) is 4.93. The third-order valence-electron chi connectivity index (χ3n) is 3.03. The lowest BCUT2D eigenvalue weighted by Crippen LogP contribution is -2.31. The molecule has 19 heavy (non-hydrogen) atoms. The van der Waals surface area contributed by atoms with Gasteiger partial charge in [0.05, 0.1) is 17.6 Å². The Balaban J connectivity index is 2.06. The third-order valence-corrected chi connectivity index (χ3v) is 3.03. The molecule has 0 bridgehead atoms. The van der Waals surface area contributed by atoms with Gasteiger partial charge in [-0.25, -0.2) is 4.98 Å². The quantitative estimate of drug-likeness (QED) is 0.757. The highest BCUT2D eigenvalue weighted by Crippen LogP contribution is 2.18. The first kappa shape index (κ1) is 13.5. The molecule has 4 N–H and O–H groups in total. The van der Waals surface area contributed by atoms with Gasteiger partial charge < -0.3 is 16.0 Å². The van der Waals surface area contributed by atoms with Crippen molar-refractivity contribution in [3.8, 4) is 0 Å². The molecule has 0 saturated heterocycles. The first-order valence-electron chi connectivity index (χ1n) is 6.55. The number of fused-ring (bicyclic) bond motifs is 1. The van der Waals surface area contributed by atoms with Crippen molar-refractivity contribution >= 4 is 16.9 Å². The molecule has 5 heteroatoms. The van der Waals surface area contributed by atoms with Gasteiger partial charge in [0.2, 0.25) is 5.91 Å². The fourth-order valence-corrected chi connectivity index (χ4v) is 1.92. The summed E-state index contributed by atoms with van der Waals surface area (Å²) in [7, 11) is 0. The topological polar surface area (TPSA) is 83.8 Å². The van der Waals surface area contributed by atoms with Crippen LogP contribution in [-0.4, -0.2) is 29.0 Å². The molecule has 1 aromatic heterocycles. The molecule has 0 unspecified atom stereocenters. The Morgan fingerprint density at radius 1 is 1.47 bits per heavy atom. The van der Waals surface area contributed by atoms with Gasteiger partial charge in [0.25, 0.3) is 0 Å². The Morgan fingerprint density at radius 2 is 2.26 bits per heavy atom. The molecule has 2 rings (SSSR count). The molecule has 0 aliphatic heterocycles. The van der Waals surface area contributed by atoms with E-state index >= 15 is 0 Å². The molecule has 0 spiro atoms. The van der Waals surface area contributed by atoms with Crippen LogP contribution < -0.4 is 11.1 Å². The van der Waals surface area contributed by atoms with Crippen LogP contribution in [0.1, 0.15) is 31.2 Å². The Labute approximate surface area is 112 Å². The van der Waals surface area contributed by atoms with E-state index in [1.807, 2.05) is 12.1 Å². The molecule has 0 aliphatic carbocycles. The number of aromatic nitrogens is 2. The molecular weight excluding hydrogens is 240 g/mol. The number of amides is 1. The molecule has 0 aliphatic rings. The van der Waals surface area contributed by atoms with E-state index in [0.717, 1.165) is 23.3 Å². The number of hydrogen-bond acceptors (Lipinski definition) is 3. The van der Waals surface area contributed by atoms with Crippen molar-refractivity contribution in [3.05, 3.63) is 29.6 Å². The second kappa shape index (κ2) is 5.84. The minimum absolute atomic E-state index is 0.0390. The van der Waals surface area contributed by atoms with Crippen LogP contribution in [0.4, 0.5) is 0 Å². The van der Waals surface area contributed by atoms with Crippen LogP contribution in [-0.2, 0) is 11.2 Å². The van der Waals surface area contributed by atoms with Gasteiger partial charge in [-0.15, -0.1) is 0 Å². The largest absolute Gasteiger partial charge is 0.355 e. The summed E-state index contributed by atoms with van der Waals surface area (Å²) in [5.74, 6) is 1.27. The second-order valence-corrected chi connectivity index (χ2v) is 4.93. The molecular formula is C14H20N4O. The summed E-state index contributed by atoms with van der Waals surface area (Å²) in [6.45, 7) is 4.87. The number of aromatic amines is 1. The van der Waals surface area contributed by atoms with Gasteiger partial charge in [0.15, 0.2) is 0 Å². The summed E-state index contributed by atoms with van der Waals surface area (Å²) < 4.78 is 0. The summed E-state index contributed by atoms with van der Waals surface area (Å²) >= 11 is 0. The smallest absolute Gasteiger partial charge is 0.233 e. The molecule has 1 aromatic carbocycles. The zero-order valence-corrected chi connectivity index (χ0v) is 11.4. The highest BCUT2D eigenvalue weighted by molar-refractivity contribution is 5.78. The van der Waals surface area contributed by atoms with Crippen molar-refractivity contribution in [1.29, 1.82) is 0 Å². The van der Waals surface area contributed by atoms with Gasteiger partial charge in [-0.1, -0.05) is 19.9 Å². The number of nitrogens with zero attached hydrogens (tertiary/aromatic N) is 1. The van der Waals surface area contributed by atoms with Gasteiger partial charge in [-0.05, 0) is 24.1 Å². The molecule has 1 heterocycles. The molecule has 102 valence electrons. The van der Waals surface area contributed by atoms with E-state index in [-0.39, 0.29) is 12.5 Å². The summed E-state index contributed by atoms with van der Waals surface area (Å²) in [4.78, 5) is 18.9. The highest BCUT2D eigenvalue weighted by atomic mass is 16.1. The minimum Gasteiger partial charge on any atom is -0.355 e. The van der Waals surface area contributed by atoms with Crippen LogP contribution in [0.2, 0.25) is 0 Å². The first-order valence-corrected chi connectivity index (χ1v) is 6.55. The van der Waals surface area contributed by atoms with Crippen LogP contribution in [0.25, 0.3) is 11.0 Å². The molecule has 5 nitrogen and oxygen atoms in total. The van der Waals surface area contributed by atoms with Gasteiger partial charge in [0, 0.05) is 12.5 Å². The van der Waals surface area contributed by atoms with Crippen molar-refractivity contribution in [3.63, 3.8) is 0 Å². The zero-order valence-electron chi connectivity index (χ0n) is 11.4. The van der Waals surface area contributed by atoms with Crippen molar-refractivity contribution < 1.29 is 4.79 Å². The number of H-pyrrole nitrogens is 1. The lowest BCUT2D eigenvalue weighted by atomic mass is 10.1. The van der Waals surface area contributed by atoms with E-state index in [9.17, 15) is 4.79 Å². The highest BCUT2D eigenvalue weighted by Gasteiger charge is 2.06. The van der Waals surface area contributed by atoms with E-state index in [1.165, 1.54) is 5.56 Å². The lowest BCUT2D eigenvalue weighted by Gasteiger charge is -2.03. The maximum atomic E-state index is 11.0. The number of rotatable bonds is 5. The maximum absolute atomic E-state index is 11.0. The van der Waals surface area contributed by atoms with Crippen LogP contribution in [0.5, 0.6) is 0 Å². The summed E-state index contributed by atoms with van der Waals surface area (Å²) in [5.41, 5.74) is 8.43. The van der Waals surface area contributed by atoms with Gasteiger partial charge in [0.1, 0.15) is 5.82 Å². The van der Waals surface area contributed by atoms with Crippen molar-refractivity contribution in [1.82, 2.24) is 15.3 Å². The number of benzene rings is 1. The molecule has 2 aromatic rings. The summed E-state index contributed by atoms with van der Waals surface area (Å²) in [6.07, 6.45) is 0.789. The number of hydrogen-bond donors (Lipinski definition) is 3. The predicted octanol–water partition coefficient (Wildman–Crippen LogP) is 1.30. The van der Waals surface area contributed by atoms with Crippen molar-refractivity contribution in [2.45, 2.75) is 26.2 Å². The Kier molecular flexibility index (Phi) is 4.16. The number of nitrogens with one attached hydrogen (secondary N) is 2. The standard InChI is InChI=1S/C14H20N4O/c1-9(2)14-17-11-4-3-10(7-12(11)18-14)5-6-16-13(19)8-15/h3-4,7,9H,5-6,8,15H2,1-2H3,(H,16,19)(H,17,18). The third kappa shape index (κ3) is 3.32. The van der Waals surface area contributed by atoms with E-state index in [2.05, 4.69) is 35.2 Å². The maximum Gasteiger partial charge on any atom is 0.233 e. The Morgan fingerprint density at radius 3 is 2.95 bits per heavy atom. The summed E-state index contributed by atoms with van der Waals surface area (Å²) in [5, 5.41) is 2.76. The van der Waals surface area contributed by atoms with Gasteiger partial charge in [-0.2, -0.15) is 0 Å². The molecule has 0 radical (unpaired) electrons. The summed E-state index contributed by atoms with van der Waals surface area (Å²) in [6, 6.07) is 6.14. The van der Waals surface area contributed by atoms with Crippen LogP contribution >= 0.6 is 0 Å². The fourth-order valence-electron chi connectivity index (χ4n) is 1.92. The number of nitrogens with two attached hydrogens (primary N) is 1. The number of carbonyl (C=O) groups excluding carboxylic acids is 1. The van der Waals surface area contributed by atoms with Crippen LogP contribution in [0.3, 0.4) is 0 Å². The van der Waals surface area contributed by atoms with E-state index in [4.69, 9.17) is 5.73 Å². The minimum atomic E-state index is -0.121. The van der Waals surface area contributed by atoms with E-state index in [1.54, 1.807) is 0 Å². The molecule has 0 fully saturated rings. The van der Waals surface area contributed by atoms with Gasteiger partial charge >= 0.3 is 0 Å². The average molecular weight is 260 g/mol. The zero-order chi connectivity index (χ0) is 13.8. The van der Waals surface area contributed by atoms with E-state index < -0.39 is 0 Å². The number of carbonyl (C=O) groups is 1. The normalized spacial score (nSPS) is 11.2. The van der Waals surface area contributed by atoms with E-state index in [0.29, 0.717) is 12.5 Å². The monoisotopic (exact) mass is 260 g/mol. The first-order chi connectivity index (χ1) is 9.10. The Bertz CT molecular complexity index is 574. The number of imidazole rings is 1. The molecule has 0 atom stereocenters. The lowest BCUT2D eigenvalue weighted by molar-refractivity contribution is -0.119. The SMILES string of the molecule is CC(C)c1nc2ccc(CCNC(=O)CN)cc2[nH]1. The Hall–Kier alpha value is -1.88. The van der Waals surface area contributed by atoms with Crippen LogP contribution in [0, 0.1) is 0 Å². The molecule has 1 amide bonds. The van der Waals surface area contributed by atoms with Crippen LogP contribution in [0.15, 0.2) is 18.2 Å².